The second kappa shape index (κ2) is 5.62. The van der Waals surface area contributed by atoms with Crippen LogP contribution in [0.25, 0.3) is 0 Å². The fourth-order valence-corrected chi connectivity index (χ4v) is 2.91. The quantitative estimate of drug-likeness (QED) is 0.916. The number of hydrogen-bond acceptors (Lipinski definition) is 2. The molecule has 1 heterocycles. The summed E-state index contributed by atoms with van der Waals surface area (Å²) in [6.07, 6.45) is 1.28. The minimum absolute atomic E-state index is 0.223. The van der Waals surface area contributed by atoms with Crippen molar-refractivity contribution in [3.05, 3.63) is 28.7 Å². The van der Waals surface area contributed by atoms with Gasteiger partial charge in [-0.3, -0.25) is 0 Å². The van der Waals surface area contributed by atoms with Crippen molar-refractivity contribution in [2.24, 2.45) is 5.92 Å². The number of benzene rings is 1. The molecule has 1 aliphatic heterocycles. The number of nitrogens with one attached hydrogen (secondary N) is 1. The van der Waals surface area contributed by atoms with Crippen molar-refractivity contribution in [3.63, 3.8) is 0 Å². The first kappa shape index (κ1) is 13.9. The molecular weight excluding hydrogens is 288 g/mol. The highest BCUT2D eigenvalue weighted by Crippen LogP contribution is 2.30. The first-order chi connectivity index (χ1) is 8.46. The molecule has 0 aliphatic carbocycles. The smallest absolute Gasteiger partial charge is 0.0510 e. The van der Waals surface area contributed by atoms with Crippen LogP contribution in [0, 0.1) is 5.92 Å². The van der Waals surface area contributed by atoms with Gasteiger partial charge >= 0.3 is 0 Å². The van der Waals surface area contributed by atoms with Crippen molar-refractivity contribution in [1.82, 2.24) is 5.32 Å². The Bertz CT molecular complexity index is 398. The number of anilines is 1. The molecule has 2 rings (SSSR count). The highest BCUT2D eigenvalue weighted by molar-refractivity contribution is 9.10. The monoisotopic (exact) mass is 310 g/mol. The molecule has 100 valence electrons. The Morgan fingerprint density at radius 1 is 1.33 bits per heavy atom. The number of nitrogens with zero attached hydrogens (tertiary/aromatic N) is 1. The van der Waals surface area contributed by atoms with E-state index in [2.05, 4.69) is 71.2 Å². The molecule has 1 N–H and O–H groups in total. The van der Waals surface area contributed by atoms with Crippen LogP contribution < -0.4 is 10.2 Å². The molecule has 1 unspecified atom stereocenters. The van der Waals surface area contributed by atoms with Gasteiger partial charge in [-0.25, -0.2) is 0 Å². The van der Waals surface area contributed by atoms with Crippen LogP contribution in [-0.4, -0.2) is 25.2 Å². The van der Waals surface area contributed by atoms with Crippen molar-refractivity contribution in [3.8, 4) is 0 Å². The molecule has 1 fully saturated rings. The third kappa shape index (κ3) is 3.72. The average molecular weight is 311 g/mol. The fourth-order valence-electron chi connectivity index (χ4n) is 2.38. The number of para-hydroxylation sites is 1. The van der Waals surface area contributed by atoms with E-state index < -0.39 is 0 Å². The van der Waals surface area contributed by atoms with Gasteiger partial charge in [-0.1, -0.05) is 12.1 Å². The zero-order chi connectivity index (χ0) is 13.2. The second-order valence-electron chi connectivity index (χ2n) is 6.18. The van der Waals surface area contributed by atoms with Crippen LogP contribution in [0.15, 0.2) is 28.7 Å². The van der Waals surface area contributed by atoms with Crippen LogP contribution >= 0.6 is 15.9 Å². The molecule has 0 aromatic heterocycles. The van der Waals surface area contributed by atoms with Crippen molar-refractivity contribution < 1.29 is 0 Å². The lowest BCUT2D eigenvalue weighted by atomic mass is 10.1. The molecule has 1 saturated heterocycles. The molecule has 0 bridgehead atoms. The van der Waals surface area contributed by atoms with Gasteiger partial charge < -0.3 is 10.2 Å². The second-order valence-corrected chi connectivity index (χ2v) is 7.04. The minimum Gasteiger partial charge on any atom is -0.370 e. The van der Waals surface area contributed by atoms with Gasteiger partial charge in [0.1, 0.15) is 0 Å². The van der Waals surface area contributed by atoms with Crippen molar-refractivity contribution in [2.75, 3.05) is 24.5 Å². The van der Waals surface area contributed by atoms with E-state index in [4.69, 9.17) is 0 Å². The lowest BCUT2D eigenvalue weighted by Gasteiger charge is -2.24. The van der Waals surface area contributed by atoms with Crippen molar-refractivity contribution in [2.45, 2.75) is 32.7 Å². The van der Waals surface area contributed by atoms with E-state index in [0.29, 0.717) is 0 Å². The minimum atomic E-state index is 0.223. The lowest BCUT2D eigenvalue weighted by molar-refractivity contribution is 0.383. The Hall–Kier alpha value is -0.540. The Balaban J connectivity index is 1.91. The van der Waals surface area contributed by atoms with Crippen molar-refractivity contribution >= 4 is 21.6 Å². The van der Waals surface area contributed by atoms with Crippen LogP contribution in [0.4, 0.5) is 5.69 Å². The first-order valence-electron chi connectivity index (χ1n) is 6.70. The van der Waals surface area contributed by atoms with E-state index in [0.717, 1.165) is 19.0 Å². The predicted octanol–water partition coefficient (Wildman–Crippen LogP) is 3.66. The topological polar surface area (TPSA) is 15.3 Å². The largest absolute Gasteiger partial charge is 0.370 e. The maximum Gasteiger partial charge on any atom is 0.0510 e. The van der Waals surface area contributed by atoms with E-state index in [1.165, 1.54) is 23.1 Å². The lowest BCUT2D eigenvalue weighted by Crippen LogP contribution is -2.39. The SMILES string of the molecule is CC(C)(C)NCC1CCN(c2ccccc2Br)C1. The highest BCUT2D eigenvalue weighted by atomic mass is 79.9. The molecule has 2 nitrogen and oxygen atoms in total. The average Bonchev–Trinajstić information content (AvgIpc) is 2.75. The van der Waals surface area contributed by atoms with Gasteiger partial charge in [0.05, 0.1) is 5.69 Å². The summed E-state index contributed by atoms with van der Waals surface area (Å²) >= 11 is 3.64. The molecule has 0 amide bonds. The summed E-state index contributed by atoms with van der Waals surface area (Å²) in [7, 11) is 0. The molecular formula is C15H23BrN2. The molecule has 1 aromatic carbocycles. The fraction of sp³-hybridized carbons (Fsp3) is 0.600. The Morgan fingerprint density at radius 2 is 2.06 bits per heavy atom. The number of rotatable bonds is 3. The normalized spacial score (nSPS) is 20.4. The van der Waals surface area contributed by atoms with E-state index in [-0.39, 0.29) is 5.54 Å². The van der Waals surface area contributed by atoms with Gasteiger partial charge in [-0.2, -0.15) is 0 Å². The van der Waals surface area contributed by atoms with Crippen LogP contribution in [-0.2, 0) is 0 Å². The maximum absolute atomic E-state index is 3.64. The van der Waals surface area contributed by atoms with Crippen LogP contribution in [0.5, 0.6) is 0 Å². The number of halogens is 1. The summed E-state index contributed by atoms with van der Waals surface area (Å²) in [5.74, 6) is 0.760. The Labute approximate surface area is 119 Å². The van der Waals surface area contributed by atoms with Crippen LogP contribution in [0.3, 0.4) is 0 Å². The molecule has 3 heteroatoms. The van der Waals surface area contributed by atoms with E-state index in [1.807, 2.05) is 0 Å². The van der Waals surface area contributed by atoms with E-state index in [1.54, 1.807) is 0 Å². The van der Waals surface area contributed by atoms with Gasteiger partial charge in [0.15, 0.2) is 0 Å². The first-order valence-corrected chi connectivity index (χ1v) is 7.49. The molecule has 18 heavy (non-hydrogen) atoms. The van der Waals surface area contributed by atoms with Crippen LogP contribution in [0.1, 0.15) is 27.2 Å². The zero-order valence-electron chi connectivity index (χ0n) is 11.5. The standard InChI is InChI=1S/C15H23BrN2/c1-15(2,3)17-10-12-8-9-18(11-12)14-7-5-4-6-13(14)16/h4-7,12,17H,8-11H2,1-3H3. The van der Waals surface area contributed by atoms with Crippen LogP contribution in [0.2, 0.25) is 0 Å². The van der Waals surface area contributed by atoms with Gasteiger partial charge in [-0.15, -0.1) is 0 Å². The molecule has 1 aliphatic rings. The highest BCUT2D eigenvalue weighted by Gasteiger charge is 2.24. The van der Waals surface area contributed by atoms with Gasteiger partial charge in [0.25, 0.3) is 0 Å². The summed E-state index contributed by atoms with van der Waals surface area (Å²) in [4.78, 5) is 2.49. The summed E-state index contributed by atoms with van der Waals surface area (Å²) in [5.41, 5.74) is 1.55. The van der Waals surface area contributed by atoms with Gasteiger partial charge in [-0.05, 0) is 61.2 Å². The van der Waals surface area contributed by atoms with E-state index in [9.17, 15) is 0 Å². The van der Waals surface area contributed by atoms with Crippen molar-refractivity contribution in [1.29, 1.82) is 0 Å². The maximum atomic E-state index is 3.64. The molecule has 0 radical (unpaired) electrons. The molecule has 1 atom stereocenters. The summed E-state index contributed by atoms with van der Waals surface area (Å²) in [6, 6.07) is 8.50. The third-order valence-corrected chi connectivity index (χ3v) is 4.07. The predicted molar refractivity (Wildman–Crippen MR) is 82.2 cm³/mol. The Morgan fingerprint density at radius 3 is 2.72 bits per heavy atom. The summed E-state index contributed by atoms with van der Waals surface area (Å²) in [6.45, 7) is 10.1. The molecule has 0 saturated carbocycles. The summed E-state index contributed by atoms with van der Waals surface area (Å²) < 4.78 is 1.20. The molecule has 0 spiro atoms. The van der Waals surface area contributed by atoms with Gasteiger partial charge in [0.2, 0.25) is 0 Å². The van der Waals surface area contributed by atoms with Gasteiger partial charge in [0, 0.05) is 29.6 Å². The number of hydrogen-bond donors (Lipinski definition) is 1. The summed E-state index contributed by atoms with van der Waals surface area (Å²) in [5, 5.41) is 3.61. The molecule has 1 aromatic rings. The zero-order valence-corrected chi connectivity index (χ0v) is 13.1. The Kier molecular flexibility index (Phi) is 4.33. The third-order valence-electron chi connectivity index (χ3n) is 3.40. The van der Waals surface area contributed by atoms with E-state index >= 15 is 0 Å².